The quantitative estimate of drug-likeness (QED) is 0.600. The van der Waals surface area contributed by atoms with E-state index in [1.807, 2.05) is 55.5 Å². The topological polar surface area (TPSA) is 87.7 Å². The highest BCUT2D eigenvalue weighted by Crippen LogP contribution is 2.14. The second-order valence-corrected chi connectivity index (χ2v) is 7.42. The number of amides is 1. The summed E-state index contributed by atoms with van der Waals surface area (Å²) in [5.41, 5.74) is 4.15. The van der Waals surface area contributed by atoms with Crippen molar-refractivity contribution in [3.8, 4) is 0 Å². The summed E-state index contributed by atoms with van der Waals surface area (Å²) in [6.07, 6.45) is 1.33. The number of aryl methyl sites for hydroxylation is 2. The standard InChI is InChI=1S/C21H22N4O2S/c1-3-15-5-4-6-17(11-15)22-19(26)13-28-21-23-20(27)18(24-25-21)12-16-9-7-14(2)8-10-16/h4-11H,3,12-13H2,1-2H3,(H,22,26)(H,23,25,27). The maximum absolute atomic E-state index is 12.2. The summed E-state index contributed by atoms with van der Waals surface area (Å²) >= 11 is 1.15. The van der Waals surface area contributed by atoms with Crippen molar-refractivity contribution in [3.63, 3.8) is 0 Å². The largest absolute Gasteiger partial charge is 0.325 e. The third-order valence-corrected chi connectivity index (χ3v) is 5.06. The first-order valence-electron chi connectivity index (χ1n) is 9.06. The first kappa shape index (κ1) is 19.8. The average Bonchev–Trinajstić information content (AvgIpc) is 2.70. The van der Waals surface area contributed by atoms with Gasteiger partial charge in [-0.15, -0.1) is 10.2 Å². The maximum atomic E-state index is 12.2. The van der Waals surface area contributed by atoms with E-state index in [0.29, 0.717) is 17.3 Å². The molecule has 1 aromatic heterocycles. The van der Waals surface area contributed by atoms with E-state index in [9.17, 15) is 9.59 Å². The number of aromatic amines is 1. The number of thioether (sulfide) groups is 1. The van der Waals surface area contributed by atoms with Crippen LogP contribution in [0.1, 0.15) is 29.3 Å². The zero-order valence-electron chi connectivity index (χ0n) is 15.9. The zero-order chi connectivity index (χ0) is 19.9. The van der Waals surface area contributed by atoms with E-state index in [1.165, 1.54) is 0 Å². The predicted octanol–water partition coefficient (Wildman–Crippen LogP) is 3.36. The molecule has 0 aliphatic rings. The maximum Gasteiger partial charge on any atom is 0.273 e. The van der Waals surface area contributed by atoms with Gasteiger partial charge in [-0.25, -0.2) is 0 Å². The Labute approximate surface area is 167 Å². The van der Waals surface area contributed by atoms with Gasteiger partial charge in [-0.05, 0) is 36.6 Å². The number of hydrogen-bond acceptors (Lipinski definition) is 5. The van der Waals surface area contributed by atoms with Crippen molar-refractivity contribution in [3.05, 3.63) is 81.3 Å². The Balaban J connectivity index is 1.57. The Bertz CT molecular complexity index is 1020. The molecule has 0 bridgehead atoms. The van der Waals surface area contributed by atoms with Crippen LogP contribution in [0.5, 0.6) is 0 Å². The van der Waals surface area contributed by atoms with Gasteiger partial charge in [0.1, 0.15) is 5.69 Å². The Kier molecular flexibility index (Phi) is 6.60. The van der Waals surface area contributed by atoms with Gasteiger partial charge in [-0.1, -0.05) is 60.6 Å². The number of H-pyrrole nitrogens is 1. The molecular weight excluding hydrogens is 372 g/mol. The van der Waals surface area contributed by atoms with E-state index in [2.05, 4.69) is 27.4 Å². The van der Waals surface area contributed by atoms with Crippen LogP contribution in [0.25, 0.3) is 0 Å². The number of hydrogen-bond donors (Lipinski definition) is 2. The van der Waals surface area contributed by atoms with E-state index in [-0.39, 0.29) is 17.2 Å². The SMILES string of the molecule is CCc1cccc(NC(=O)CSc2nnc(Cc3ccc(C)cc3)c(=O)[nH]2)c1. The van der Waals surface area contributed by atoms with Crippen LogP contribution in [0.2, 0.25) is 0 Å². The summed E-state index contributed by atoms with van der Waals surface area (Å²) in [6, 6.07) is 15.7. The molecule has 2 N–H and O–H groups in total. The number of carbonyl (C=O) groups is 1. The van der Waals surface area contributed by atoms with Gasteiger partial charge >= 0.3 is 0 Å². The van der Waals surface area contributed by atoms with Crippen molar-refractivity contribution in [2.24, 2.45) is 0 Å². The number of carbonyl (C=O) groups excluding carboxylic acids is 1. The first-order valence-corrected chi connectivity index (χ1v) is 10.0. The summed E-state index contributed by atoms with van der Waals surface area (Å²) in [5.74, 6) is -0.0252. The summed E-state index contributed by atoms with van der Waals surface area (Å²) in [5, 5.41) is 11.3. The van der Waals surface area contributed by atoms with Crippen LogP contribution >= 0.6 is 11.8 Å². The van der Waals surface area contributed by atoms with Gasteiger partial charge < -0.3 is 5.32 Å². The molecule has 0 atom stereocenters. The fourth-order valence-electron chi connectivity index (χ4n) is 2.63. The highest BCUT2D eigenvalue weighted by atomic mass is 32.2. The summed E-state index contributed by atoms with van der Waals surface area (Å²) in [4.78, 5) is 27.1. The fraction of sp³-hybridized carbons (Fsp3) is 0.238. The number of nitrogens with one attached hydrogen (secondary N) is 2. The number of anilines is 1. The van der Waals surface area contributed by atoms with Gasteiger partial charge in [-0.2, -0.15) is 0 Å². The van der Waals surface area contributed by atoms with Crippen molar-refractivity contribution in [1.82, 2.24) is 15.2 Å². The molecule has 3 rings (SSSR count). The van der Waals surface area contributed by atoms with E-state index in [0.717, 1.165) is 40.6 Å². The second kappa shape index (κ2) is 9.32. The minimum Gasteiger partial charge on any atom is -0.325 e. The van der Waals surface area contributed by atoms with Gasteiger partial charge in [0.05, 0.1) is 5.75 Å². The highest BCUT2D eigenvalue weighted by molar-refractivity contribution is 7.99. The van der Waals surface area contributed by atoms with Crippen LogP contribution < -0.4 is 10.9 Å². The molecular formula is C21H22N4O2S. The van der Waals surface area contributed by atoms with Gasteiger partial charge in [0.2, 0.25) is 5.91 Å². The number of benzene rings is 2. The molecule has 0 spiro atoms. The van der Waals surface area contributed by atoms with Crippen molar-refractivity contribution < 1.29 is 4.79 Å². The lowest BCUT2D eigenvalue weighted by molar-refractivity contribution is -0.113. The van der Waals surface area contributed by atoms with Gasteiger partial charge in [-0.3, -0.25) is 14.6 Å². The van der Waals surface area contributed by atoms with Gasteiger partial charge in [0.15, 0.2) is 5.16 Å². The molecule has 28 heavy (non-hydrogen) atoms. The van der Waals surface area contributed by atoms with Crippen LogP contribution in [0, 0.1) is 6.92 Å². The Morgan fingerprint density at radius 1 is 1.11 bits per heavy atom. The highest BCUT2D eigenvalue weighted by Gasteiger charge is 2.09. The smallest absolute Gasteiger partial charge is 0.273 e. The molecule has 0 radical (unpaired) electrons. The summed E-state index contributed by atoms with van der Waals surface area (Å²) < 4.78 is 0. The van der Waals surface area contributed by atoms with Crippen LogP contribution in [-0.4, -0.2) is 26.8 Å². The number of aromatic nitrogens is 3. The normalized spacial score (nSPS) is 10.6. The van der Waals surface area contributed by atoms with Gasteiger partial charge in [0, 0.05) is 12.1 Å². The molecule has 1 heterocycles. The summed E-state index contributed by atoms with van der Waals surface area (Å²) in [7, 11) is 0. The molecule has 0 saturated carbocycles. The van der Waals surface area contributed by atoms with Crippen LogP contribution in [0.3, 0.4) is 0 Å². The monoisotopic (exact) mass is 394 g/mol. The third kappa shape index (κ3) is 5.53. The Morgan fingerprint density at radius 2 is 1.89 bits per heavy atom. The van der Waals surface area contributed by atoms with E-state index < -0.39 is 0 Å². The van der Waals surface area contributed by atoms with Crippen molar-refractivity contribution in [2.45, 2.75) is 31.8 Å². The fourth-order valence-corrected chi connectivity index (χ4v) is 3.23. The molecule has 0 unspecified atom stereocenters. The molecule has 6 nitrogen and oxygen atoms in total. The Hall–Kier alpha value is -2.93. The van der Waals surface area contributed by atoms with Crippen LogP contribution in [0.4, 0.5) is 5.69 Å². The van der Waals surface area contributed by atoms with Gasteiger partial charge in [0.25, 0.3) is 5.56 Å². The first-order chi connectivity index (χ1) is 13.5. The third-order valence-electron chi connectivity index (χ3n) is 4.20. The minimum absolute atomic E-state index is 0.137. The van der Waals surface area contributed by atoms with Crippen LogP contribution in [0.15, 0.2) is 58.5 Å². The van der Waals surface area contributed by atoms with E-state index in [1.54, 1.807) is 0 Å². The molecule has 144 valence electrons. The molecule has 0 saturated heterocycles. The van der Waals surface area contributed by atoms with E-state index in [4.69, 9.17) is 0 Å². The molecule has 1 amide bonds. The average molecular weight is 395 g/mol. The number of nitrogens with zero attached hydrogens (tertiary/aromatic N) is 2. The minimum atomic E-state index is -0.283. The van der Waals surface area contributed by atoms with Crippen molar-refractivity contribution in [2.75, 3.05) is 11.1 Å². The number of rotatable bonds is 7. The molecule has 0 fully saturated rings. The summed E-state index contributed by atoms with van der Waals surface area (Å²) in [6.45, 7) is 4.08. The van der Waals surface area contributed by atoms with Crippen molar-refractivity contribution in [1.29, 1.82) is 0 Å². The molecule has 7 heteroatoms. The molecule has 2 aromatic carbocycles. The zero-order valence-corrected chi connectivity index (χ0v) is 16.7. The lowest BCUT2D eigenvalue weighted by atomic mass is 10.1. The predicted molar refractivity (Wildman–Crippen MR) is 112 cm³/mol. The molecule has 0 aliphatic carbocycles. The lowest BCUT2D eigenvalue weighted by Gasteiger charge is -2.06. The van der Waals surface area contributed by atoms with Crippen molar-refractivity contribution >= 4 is 23.4 Å². The lowest BCUT2D eigenvalue weighted by Crippen LogP contribution is -2.19. The van der Waals surface area contributed by atoms with E-state index >= 15 is 0 Å². The second-order valence-electron chi connectivity index (χ2n) is 6.46. The van der Waals surface area contributed by atoms with Crippen LogP contribution in [-0.2, 0) is 17.6 Å². The molecule has 3 aromatic rings. The molecule has 0 aliphatic heterocycles. The Morgan fingerprint density at radius 3 is 2.61 bits per heavy atom.